The number of hydrogen-bond donors (Lipinski definition) is 1. The van der Waals surface area contributed by atoms with Crippen LogP contribution in [-0.4, -0.2) is 23.5 Å². The molecule has 1 N–H and O–H groups in total. The molecule has 0 fully saturated rings. The second-order valence-electron chi connectivity index (χ2n) is 4.79. The number of hydrogen-bond acceptors (Lipinski definition) is 3. The SMILES string of the molecule is CC(C)(C)C(=O)COc1ccc(C(=O)O)cc1. The van der Waals surface area contributed by atoms with E-state index < -0.39 is 11.4 Å². The van der Waals surface area contributed by atoms with Gasteiger partial charge in [-0.25, -0.2) is 4.79 Å². The molecule has 0 bridgehead atoms. The van der Waals surface area contributed by atoms with E-state index in [-0.39, 0.29) is 18.0 Å². The lowest BCUT2D eigenvalue weighted by molar-refractivity contribution is -0.128. The number of carbonyl (C=O) groups is 2. The fourth-order valence-electron chi connectivity index (χ4n) is 1.06. The second-order valence-corrected chi connectivity index (χ2v) is 4.79. The van der Waals surface area contributed by atoms with Gasteiger partial charge >= 0.3 is 5.97 Å². The van der Waals surface area contributed by atoms with Crippen molar-refractivity contribution in [1.29, 1.82) is 0 Å². The van der Waals surface area contributed by atoms with Crippen molar-refractivity contribution in [3.05, 3.63) is 29.8 Å². The molecular formula is C13H16O4. The molecule has 0 aromatic heterocycles. The van der Waals surface area contributed by atoms with Gasteiger partial charge in [0.05, 0.1) is 5.56 Å². The number of ketones is 1. The van der Waals surface area contributed by atoms with Crippen LogP contribution in [0, 0.1) is 5.41 Å². The fraction of sp³-hybridized carbons (Fsp3) is 0.385. The molecule has 0 atom stereocenters. The van der Waals surface area contributed by atoms with E-state index in [1.165, 1.54) is 12.1 Å². The van der Waals surface area contributed by atoms with Gasteiger partial charge in [-0.15, -0.1) is 0 Å². The van der Waals surface area contributed by atoms with E-state index in [0.717, 1.165) is 0 Å². The minimum absolute atomic E-state index is 0.000175. The number of aromatic carboxylic acids is 1. The minimum Gasteiger partial charge on any atom is -0.486 e. The summed E-state index contributed by atoms with van der Waals surface area (Å²) in [6.07, 6.45) is 0. The van der Waals surface area contributed by atoms with Crippen molar-refractivity contribution in [1.82, 2.24) is 0 Å². The minimum atomic E-state index is -0.984. The van der Waals surface area contributed by atoms with Gasteiger partial charge in [0.15, 0.2) is 5.78 Å². The van der Waals surface area contributed by atoms with E-state index in [1.54, 1.807) is 12.1 Å². The first-order chi connectivity index (χ1) is 7.80. The number of benzene rings is 1. The van der Waals surface area contributed by atoms with Crippen LogP contribution in [0.1, 0.15) is 31.1 Å². The van der Waals surface area contributed by atoms with Gasteiger partial charge in [-0.2, -0.15) is 0 Å². The van der Waals surface area contributed by atoms with Crippen LogP contribution in [0.5, 0.6) is 5.75 Å². The monoisotopic (exact) mass is 236 g/mol. The smallest absolute Gasteiger partial charge is 0.335 e. The quantitative estimate of drug-likeness (QED) is 0.871. The van der Waals surface area contributed by atoms with E-state index in [2.05, 4.69) is 0 Å². The Morgan fingerprint density at radius 3 is 2.12 bits per heavy atom. The summed E-state index contributed by atoms with van der Waals surface area (Å²) in [6, 6.07) is 5.97. The highest BCUT2D eigenvalue weighted by Crippen LogP contribution is 2.17. The van der Waals surface area contributed by atoms with Gasteiger partial charge in [0.1, 0.15) is 12.4 Å². The van der Waals surface area contributed by atoms with Crippen molar-refractivity contribution in [3.8, 4) is 5.75 Å². The zero-order chi connectivity index (χ0) is 13.1. The first-order valence-electron chi connectivity index (χ1n) is 5.30. The Balaban J connectivity index is 2.59. The number of carbonyl (C=O) groups excluding carboxylic acids is 1. The molecule has 0 amide bonds. The van der Waals surface area contributed by atoms with Crippen molar-refractivity contribution in [3.63, 3.8) is 0 Å². The summed E-state index contributed by atoms with van der Waals surface area (Å²) >= 11 is 0. The molecule has 0 saturated heterocycles. The van der Waals surface area contributed by atoms with Crippen molar-refractivity contribution in [2.75, 3.05) is 6.61 Å². The Bertz CT molecular complexity index is 412. The highest BCUT2D eigenvalue weighted by atomic mass is 16.5. The molecule has 0 saturated carbocycles. The Morgan fingerprint density at radius 1 is 1.18 bits per heavy atom. The van der Waals surface area contributed by atoms with Gasteiger partial charge < -0.3 is 9.84 Å². The lowest BCUT2D eigenvalue weighted by atomic mass is 9.91. The maximum absolute atomic E-state index is 11.6. The summed E-state index contributed by atoms with van der Waals surface area (Å²) < 4.78 is 5.29. The van der Waals surface area contributed by atoms with Gasteiger partial charge in [0.25, 0.3) is 0 Å². The standard InChI is InChI=1S/C13H16O4/c1-13(2,3)11(14)8-17-10-6-4-9(5-7-10)12(15)16/h4-7H,8H2,1-3H3,(H,15,16). The summed E-state index contributed by atoms with van der Waals surface area (Å²) in [5, 5.41) is 8.71. The molecule has 0 unspecified atom stereocenters. The Kier molecular flexibility index (Phi) is 3.89. The summed E-state index contributed by atoms with van der Waals surface area (Å²) in [6.45, 7) is 5.47. The number of carboxylic acids is 1. The number of Topliss-reactive ketones (excluding diaryl/α,β-unsaturated/α-hetero) is 1. The van der Waals surface area contributed by atoms with Crippen LogP contribution < -0.4 is 4.74 Å². The molecule has 1 aromatic carbocycles. The van der Waals surface area contributed by atoms with E-state index in [0.29, 0.717) is 5.75 Å². The predicted molar refractivity (Wildman–Crippen MR) is 63.4 cm³/mol. The van der Waals surface area contributed by atoms with Gasteiger partial charge in [0, 0.05) is 5.41 Å². The molecule has 0 aliphatic heterocycles. The number of carboxylic acid groups (broad SMARTS) is 1. The maximum Gasteiger partial charge on any atom is 0.335 e. The molecule has 4 heteroatoms. The van der Waals surface area contributed by atoms with E-state index in [4.69, 9.17) is 9.84 Å². The van der Waals surface area contributed by atoms with Crippen LogP contribution in [0.4, 0.5) is 0 Å². The van der Waals surface area contributed by atoms with E-state index >= 15 is 0 Å². The van der Waals surface area contributed by atoms with Gasteiger partial charge in [0.2, 0.25) is 0 Å². The lowest BCUT2D eigenvalue weighted by Gasteiger charge is -2.16. The van der Waals surface area contributed by atoms with Crippen molar-refractivity contribution < 1.29 is 19.4 Å². The third-order valence-corrected chi connectivity index (χ3v) is 2.31. The molecule has 92 valence electrons. The Hall–Kier alpha value is -1.84. The summed E-state index contributed by atoms with van der Waals surface area (Å²) in [4.78, 5) is 22.2. The first kappa shape index (κ1) is 13.2. The van der Waals surface area contributed by atoms with Gasteiger partial charge in [-0.3, -0.25) is 4.79 Å². The van der Waals surface area contributed by atoms with Gasteiger partial charge in [-0.1, -0.05) is 20.8 Å². The Labute approximate surface area is 100 Å². The molecule has 0 aliphatic carbocycles. The Morgan fingerprint density at radius 2 is 1.71 bits per heavy atom. The molecule has 1 aromatic rings. The molecule has 0 aliphatic rings. The first-order valence-corrected chi connectivity index (χ1v) is 5.30. The molecule has 17 heavy (non-hydrogen) atoms. The highest BCUT2D eigenvalue weighted by Gasteiger charge is 2.21. The van der Waals surface area contributed by atoms with Gasteiger partial charge in [-0.05, 0) is 24.3 Å². The molecular weight excluding hydrogens is 220 g/mol. The van der Waals surface area contributed by atoms with E-state index in [1.807, 2.05) is 20.8 Å². The van der Waals surface area contributed by atoms with Crippen molar-refractivity contribution in [2.24, 2.45) is 5.41 Å². The predicted octanol–water partition coefficient (Wildman–Crippen LogP) is 2.38. The zero-order valence-electron chi connectivity index (χ0n) is 10.2. The summed E-state index contributed by atoms with van der Waals surface area (Å²) in [5.74, 6) is -0.491. The highest BCUT2D eigenvalue weighted by molar-refractivity contribution is 5.87. The van der Waals surface area contributed by atoms with Crippen LogP contribution in [-0.2, 0) is 4.79 Å². The zero-order valence-corrected chi connectivity index (χ0v) is 10.2. The van der Waals surface area contributed by atoms with Crippen LogP contribution >= 0.6 is 0 Å². The van der Waals surface area contributed by atoms with Crippen LogP contribution in [0.25, 0.3) is 0 Å². The van der Waals surface area contributed by atoms with Crippen LogP contribution in [0.3, 0.4) is 0 Å². The van der Waals surface area contributed by atoms with Crippen molar-refractivity contribution in [2.45, 2.75) is 20.8 Å². The third-order valence-electron chi connectivity index (χ3n) is 2.31. The summed E-state index contributed by atoms with van der Waals surface area (Å²) in [7, 11) is 0. The van der Waals surface area contributed by atoms with E-state index in [9.17, 15) is 9.59 Å². The maximum atomic E-state index is 11.6. The van der Waals surface area contributed by atoms with Crippen LogP contribution in [0.15, 0.2) is 24.3 Å². The fourth-order valence-corrected chi connectivity index (χ4v) is 1.06. The topological polar surface area (TPSA) is 63.6 Å². The largest absolute Gasteiger partial charge is 0.486 e. The molecule has 0 radical (unpaired) electrons. The number of ether oxygens (including phenoxy) is 1. The molecule has 4 nitrogen and oxygen atoms in total. The second kappa shape index (κ2) is 4.99. The molecule has 1 rings (SSSR count). The normalized spacial score (nSPS) is 11.0. The average molecular weight is 236 g/mol. The lowest BCUT2D eigenvalue weighted by Crippen LogP contribution is -2.26. The van der Waals surface area contributed by atoms with Crippen LogP contribution in [0.2, 0.25) is 0 Å². The van der Waals surface area contributed by atoms with Crippen molar-refractivity contribution >= 4 is 11.8 Å². The molecule has 0 heterocycles. The third kappa shape index (κ3) is 3.90. The molecule has 0 spiro atoms. The summed E-state index contributed by atoms with van der Waals surface area (Å²) in [5.41, 5.74) is -0.236. The average Bonchev–Trinajstić information content (AvgIpc) is 2.25. The number of rotatable bonds is 4.